The average Bonchev–Trinajstić information content (AvgIpc) is 4.23. The maximum absolute atomic E-state index is 12.5. The molecule has 0 radical (unpaired) electrons. The number of ether oxygens (including phenoxy) is 2. The van der Waals surface area contributed by atoms with Crippen LogP contribution in [0.1, 0.15) is 139 Å². The molecule has 4 aromatic heterocycles. The van der Waals surface area contributed by atoms with Gasteiger partial charge in [0.05, 0.1) is 35.3 Å². The van der Waals surface area contributed by atoms with Crippen molar-refractivity contribution in [3.05, 3.63) is 95.6 Å². The number of likely N-dealkylation sites (tertiary alicyclic amines) is 2. The molecule has 1 aliphatic carbocycles. The Labute approximate surface area is 465 Å². The van der Waals surface area contributed by atoms with Crippen LogP contribution >= 0.6 is 0 Å². The number of methoxy groups -OCH3 is 2. The minimum atomic E-state index is -0.175. The van der Waals surface area contributed by atoms with Crippen molar-refractivity contribution in [2.45, 2.75) is 148 Å². The van der Waals surface area contributed by atoms with E-state index in [0.717, 1.165) is 157 Å². The molecule has 0 atom stereocenters. The minimum Gasteiger partial charge on any atom is -0.384 e. The Balaban J connectivity index is 0.972. The number of aromatic nitrogens is 6. The molecule has 4 aromatic carbocycles. The fourth-order valence-electron chi connectivity index (χ4n) is 13.5. The Kier molecular flexibility index (Phi) is 16.3. The number of pyridine rings is 2. The van der Waals surface area contributed by atoms with E-state index in [4.69, 9.17) is 40.9 Å². The van der Waals surface area contributed by atoms with Crippen molar-refractivity contribution in [3.63, 3.8) is 0 Å². The number of unbranched alkanes of at least 4 members (excludes halogenated alkanes) is 6. The Morgan fingerprint density at radius 1 is 0.519 bits per heavy atom. The maximum atomic E-state index is 12.5. The number of nitrogens with two attached hydrogens (primary N) is 2. The highest BCUT2D eigenvalue weighted by Gasteiger charge is 2.43. The van der Waals surface area contributed by atoms with Crippen molar-refractivity contribution in [1.29, 1.82) is 0 Å². The molecule has 2 saturated heterocycles. The quantitative estimate of drug-likeness (QED) is 0.0497. The molecule has 3 aliphatic rings. The van der Waals surface area contributed by atoms with Crippen LogP contribution in [0.2, 0.25) is 0 Å². The number of hydrogen-bond donors (Lipinski definition) is 2. The van der Waals surface area contributed by atoms with Gasteiger partial charge in [-0.2, -0.15) is 0 Å². The van der Waals surface area contributed by atoms with Crippen LogP contribution in [0.25, 0.3) is 77.3 Å². The van der Waals surface area contributed by atoms with Crippen molar-refractivity contribution in [1.82, 2.24) is 38.9 Å². The molecule has 0 spiro atoms. The van der Waals surface area contributed by atoms with E-state index in [1.807, 2.05) is 9.80 Å². The van der Waals surface area contributed by atoms with Gasteiger partial charge in [-0.1, -0.05) is 114 Å². The normalized spacial score (nSPS) is 15.1. The molecule has 2 amide bonds. The molecule has 8 aromatic rings. The lowest BCUT2D eigenvalue weighted by atomic mass is 9.70. The van der Waals surface area contributed by atoms with Gasteiger partial charge in [-0.05, 0) is 107 Å². The largest absolute Gasteiger partial charge is 0.384 e. The topological polar surface area (TPSA) is 173 Å². The highest BCUT2D eigenvalue weighted by Crippen LogP contribution is 2.56. The monoisotopic (exact) mass is 1060 g/mol. The van der Waals surface area contributed by atoms with Crippen LogP contribution in [0.5, 0.6) is 0 Å². The van der Waals surface area contributed by atoms with Crippen LogP contribution in [0.3, 0.4) is 0 Å². The lowest BCUT2D eigenvalue weighted by Gasteiger charge is -2.33. The second-order valence-electron chi connectivity index (χ2n) is 22.6. The number of nitrogens with zero attached hydrogens (tertiary/aromatic N) is 8. The van der Waals surface area contributed by atoms with Gasteiger partial charge in [0.15, 0.2) is 11.6 Å². The molecular formula is C65H80N10O4. The number of hydrogen-bond acceptors (Lipinski definition) is 10. The van der Waals surface area contributed by atoms with E-state index in [0.29, 0.717) is 50.5 Å². The number of amides is 2. The fourth-order valence-corrected chi connectivity index (χ4v) is 13.5. The number of benzene rings is 4. The lowest BCUT2D eigenvalue weighted by molar-refractivity contribution is -0.128. The summed E-state index contributed by atoms with van der Waals surface area (Å²) in [6.45, 7) is 10.2. The predicted octanol–water partition coefficient (Wildman–Crippen LogP) is 12.6. The molecule has 11 rings (SSSR count). The summed E-state index contributed by atoms with van der Waals surface area (Å²) >= 11 is 0. The van der Waals surface area contributed by atoms with E-state index in [-0.39, 0.29) is 17.2 Å². The molecule has 6 heterocycles. The molecule has 14 nitrogen and oxygen atoms in total. The number of rotatable bonds is 26. The van der Waals surface area contributed by atoms with Crippen LogP contribution in [-0.4, -0.2) is 104 Å². The number of carbonyl (C=O) groups is 2. The standard InChI is InChI=1S/C65H80N10O4/c1-5-7-9-11-29-65(30-12-10-8-6-2)51-39-43(45-21-25-49-53(41-45)68-63(66)59-61(49)74(55(70-59)27-37-78-3)35-15-33-72-31-13-17-57(72)76)19-23-47(51)48-24-20-44(40-52(48)65)46-22-26-50-54(42-46)69-64(67)60-62(50)75(56(71-60)28-38-79-4)36-16-34-73-32-14-18-58(73)77/h19-26,39-42H,5-18,27-38H2,1-4H3,(H2,66,68)(H2,67,69). The van der Waals surface area contributed by atoms with E-state index >= 15 is 0 Å². The van der Waals surface area contributed by atoms with E-state index in [1.54, 1.807) is 14.2 Å². The predicted molar refractivity (Wildman–Crippen MR) is 319 cm³/mol. The van der Waals surface area contributed by atoms with Gasteiger partial charge >= 0.3 is 0 Å². The molecule has 0 unspecified atom stereocenters. The first kappa shape index (κ1) is 54.1. The van der Waals surface area contributed by atoms with Crippen LogP contribution in [0.4, 0.5) is 11.6 Å². The van der Waals surface area contributed by atoms with E-state index in [2.05, 4.69) is 95.8 Å². The Bertz CT molecular complexity index is 3310. The van der Waals surface area contributed by atoms with Crippen molar-refractivity contribution >= 4 is 67.3 Å². The van der Waals surface area contributed by atoms with Crippen LogP contribution in [-0.2, 0) is 50.4 Å². The van der Waals surface area contributed by atoms with Crippen molar-refractivity contribution in [3.8, 4) is 33.4 Å². The lowest BCUT2D eigenvalue weighted by Crippen LogP contribution is -2.26. The zero-order chi connectivity index (χ0) is 54.6. The third-order valence-electron chi connectivity index (χ3n) is 17.5. The highest BCUT2D eigenvalue weighted by molar-refractivity contribution is 6.09. The van der Waals surface area contributed by atoms with Gasteiger partial charge in [-0.15, -0.1) is 0 Å². The van der Waals surface area contributed by atoms with E-state index < -0.39 is 0 Å². The third kappa shape index (κ3) is 10.6. The highest BCUT2D eigenvalue weighted by atomic mass is 16.5. The Hall–Kier alpha value is -6.90. The first-order valence-electron chi connectivity index (χ1n) is 29.6. The smallest absolute Gasteiger partial charge is 0.222 e. The van der Waals surface area contributed by atoms with Gasteiger partial charge in [0, 0.05) is 95.4 Å². The molecule has 79 heavy (non-hydrogen) atoms. The Morgan fingerprint density at radius 3 is 1.35 bits per heavy atom. The average molecular weight is 1070 g/mol. The fraction of sp³-hybridized carbons (Fsp3) is 0.477. The van der Waals surface area contributed by atoms with Gasteiger partial charge in [-0.3, -0.25) is 9.59 Å². The summed E-state index contributed by atoms with van der Waals surface area (Å²) in [5.41, 5.74) is 28.6. The number of fused-ring (bicyclic) bond motifs is 9. The van der Waals surface area contributed by atoms with Crippen LogP contribution in [0, 0.1) is 0 Å². The van der Waals surface area contributed by atoms with Gasteiger partial charge in [-0.25, -0.2) is 19.9 Å². The molecule has 2 aliphatic heterocycles. The molecule has 2 fully saturated rings. The third-order valence-corrected chi connectivity index (χ3v) is 17.5. The van der Waals surface area contributed by atoms with Crippen molar-refractivity contribution in [2.75, 3.05) is 65.1 Å². The van der Waals surface area contributed by atoms with E-state index in [9.17, 15) is 9.59 Å². The van der Waals surface area contributed by atoms with E-state index in [1.165, 1.54) is 71.9 Å². The first-order valence-corrected chi connectivity index (χ1v) is 29.6. The summed E-state index contributed by atoms with van der Waals surface area (Å²) in [6.07, 6.45) is 17.8. The second-order valence-corrected chi connectivity index (χ2v) is 22.6. The van der Waals surface area contributed by atoms with Crippen LogP contribution in [0.15, 0.2) is 72.8 Å². The summed E-state index contributed by atoms with van der Waals surface area (Å²) in [5.74, 6) is 3.18. The van der Waals surface area contributed by atoms with Crippen molar-refractivity contribution < 1.29 is 19.1 Å². The zero-order valence-electron chi connectivity index (χ0n) is 47.2. The molecule has 4 N–H and O–H groups in total. The maximum Gasteiger partial charge on any atom is 0.222 e. The first-order chi connectivity index (χ1) is 38.6. The SMILES string of the molecule is CCCCCCC1(CCCCCC)c2cc(-c3ccc4c(c3)nc(N)c3nc(CCOC)n(CCCN5CCCC5=O)c34)ccc2-c2ccc(-c3ccc4c(c3)nc(N)c3nc(CCOC)n(CCCN5CCCC5=O)c34)cc21. The minimum absolute atomic E-state index is 0.175. The summed E-state index contributed by atoms with van der Waals surface area (Å²) in [7, 11) is 3.44. The van der Waals surface area contributed by atoms with Crippen molar-refractivity contribution in [2.24, 2.45) is 0 Å². The number of imidazole rings is 2. The summed E-state index contributed by atoms with van der Waals surface area (Å²) < 4.78 is 15.6. The summed E-state index contributed by atoms with van der Waals surface area (Å²) in [5, 5.41) is 2.03. The molecule has 414 valence electrons. The van der Waals surface area contributed by atoms with Gasteiger partial charge < -0.3 is 39.9 Å². The second kappa shape index (κ2) is 23.8. The molecular weight excluding hydrogens is 985 g/mol. The number of carbonyl (C=O) groups excluding carboxylic acids is 2. The molecule has 0 saturated carbocycles. The number of aryl methyl sites for hydroxylation is 2. The summed E-state index contributed by atoms with van der Waals surface area (Å²) in [4.78, 5) is 49.2. The van der Waals surface area contributed by atoms with Gasteiger partial charge in [0.25, 0.3) is 0 Å². The Morgan fingerprint density at radius 2 is 0.949 bits per heavy atom. The summed E-state index contributed by atoms with van der Waals surface area (Å²) in [6, 6.07) is 27.7. The van der Waals surface area contributed by atoms with Crippen LogP contribution < -0.4 is 11.5 Å². The zero-order valence-corrected chi connectivity index (χ0v) is 47.2. The van der Waals surface area contributed by atoms with Gasteiger partial charge in [0.1, 0.15) is 22.7 Å². The molecule has 0 bridgehead atoms. The number of nitrogen functional groups attached to an aromatic ring is 2. The van der Waals surface area contributed by atoms with Gasteiger partial charge in [0.2, 0.25) is 11.8 Å². The molecule has 14 heteroatoms. The number of anilines is 2.